The number of carbonyl (C=O) groups is 2. The van der Waals surface area contributed by atoms with Crippen LogP contribution in [0.3, 0.4) is 0 Å². The van der Waals surface area contributed by atoms with Crippen LogP contribution >= 0.6 is 54.8 Å². The van der Waals surface area contributed by atoms with Crippen LogP contribution in [0.5, 0.6) is 5.75 Å². The van der Waals surface area contributed by atoms with Crippen molar-refractivity contribution in [3.8, 4) is 16.9 Å². The first-order chi connectivity index (χ1) is 17.7. The predicted molar refractivity (Wildman–Crippen MR) is 146 cm³/mol. The number of halogens is 3. The molecule has 0 unspecified atom stereocenters. The number of methoxy groups -OCH3 is 1. The number of hydrogen-bond donors (Lipinski definition) is 1. The molecule has 0 radical (unpaired) electrons. The third-order valence-electron chi connectivity index (χ3n) is 5.72. The maximum absolute atomic E-state index is 13.3. The largest absolute Gasteiger partial charge is 0.494 e. The average Bonchev–Trinajstić information content (AvgIpc) is 3.44. The van der Waals surface area contributed by atoms with Gasteiger partial charge in [-0.25, -0.2) is 9.97 Å². The molecule has 1 aliphatic heterocycles. The maximum Gasteiger partial charge on any atom is 0.289 e. The van der Waals surface area contributed by atoms with E-state index in [0.29, 0.717) is 56.2 Å². The number of fused-ring (bicyclic) bond motifs is 1. The smallest absolute Gasteiger partial charge is 0.289 e. The van der Waals surface area contributed by atoms with E-state index >= 15 is 0 Å². The molecule has 190 valence electrons. The monoisotopic (exact) mass is 665 g/mol. The van der Waals surface area contributed by atoms with Crippen LogP contribution in [0.25, 0.3) is 11.1 Å². The molecule has 4 aromatic heterocycles. The van der Waals surface area contributed by atoms with Crippen LogP contribution in [0, 0.1) is 6.92 Å². The zero-order valence-corrected chi connectivity index (χ0v) is 24.2. The first-order valence-corrected chi connectivity index (χ1v) is 13.7. The third-order valence-corrected chi connectivity index (χ3v) is 8.64. The predicted octanol–water partition coefficient (Wildman–Crippen LogP) is 6.14. The van der Waals surface area contributed by atoms with Gasteiger partial charge in [0.1, 0.15) is 10.9 Å². The molecule has 37 heavy (non-hydrogen) atoms. The minimum atomic E-state index is -0.373. The van der Waals surface area contributed by atoms with E-state index < -0.39 is 0 Å². The lowest BCUT2D eigenvalue weighted by molar-refractivity contribution is 0.0702. The van der Waals surface area contributed by atoms with Gasteiger partial charge in [0.2, 0.25) is 0 Å². The number of nitrogens with one attached hydrogen (secondary N) is 1. The fourth-order valence-electron chi connectivity index (χ4n) is 3.95. The summed E-state index contributed by atoms with van der Waals surface area (Å²) in [6, 6.07) is 5.08. The Hall–Kier alpha value is -2.80. The number of anilines is 1. The van der Waals surface area contributed by atoms with Crippen molar-refractivity contribution in [2.24, 2.45) is 0 Å². The highest BCUT2D eigenvalue weighted by molar-refractivity contribution is 9.13. The van der Waals surface area contributed by atoms with Crippen molar-refractivity contribution in [3.05, 3.63) is 72.5 Å². The average molecular weight is 668 g/mol. The molecule has 0 fully saturated rings. The number of aryl methyl sites for hydroxylation is 1. The van der Waals surface area contributed by atoms with Gasteiger partial charge in [0.25, 0.3) is 11.8 Å². The van der Waals surface area contributed by atoms with Crippen LogP contribution in [0.15, 0.2) is 44.2 Å². The minimum absolute atomic E-state index is 0.212. The van der Waals surface area contributed by atoms with E-state index in [0.717, 1.165) is 16.3 Å². The SMILES string of the molecule is COc1cnc(Cl)cc1-c1cc(C)ncc1C(=O)Nc1nc2c(s1)CN(C(=O)c1cc(Br)c(Br)o1)CC2. The van der Waals surface area contributed by atoms with E-state index in [1.54, 1.807) is 23.1 Å². The molecule has 9 nitrogen and oxygen atoms in total. The van der Waals surface area contributed by atoms with Crippen molar-refractivity contribution in [1.29, 1.82) is 0 Å². The topological polar surface area (TPSA) is 110 Å². The minimum Gasteiger partial charge on any atom is -0.494 e. The van der Waals surface area contributed by atoms with Crippen LogP contribution in [0.2, 0.25) is 5.15 Å². The van der Waals surface area contributed by atoms with Gasteiger partial charge < -0.3 is 14.1 Å². The quantitative estimate of drug-likeness (QED) is 0.255. The Morgan fingerprint density at radius 1 is 1.19 bits per heavy atom. The second-order valence-corrected chi connectivity index (χ2v) is 11.2. The molecule has 0 saturated heterocycles. The summed E-state index contributed by atoms with van der Waals surface area (Å²) in [5, 5.41) is 3.61. The van der Waals surface area contributed by atoms with Crippen LogP contribution in [0.4, 0.5) is 5.13 Å². The number of rotatable bonds is 5. The lowest BCUT2D eigenvalue weighted by atomic mass is 10.0. The van der Waals surface area contributed by atoms with Crippen LogP contribution < -0.4 is 10.1 Å². The third kappa shape index (κ3) is 5.28. The number of nitrogens with zero attached hydrogens (tertiary/aromatic N) is 4. The number of thiazole rings is 1. The van der Waals surface area contributed by atoms with Gasteiger partial charge in [0, 0.05) is 46.9 Å². The van der Waals surface area contributed by atoms with Gasteiger partial charge in [-0.2, -0.15) is 0 Å². The van der Waals surface area contributed by atoms with Crippen molar-refractivity contribution in [1.82, 2.24) is 19.9 Å². The normalized spacial score (nSPS) is 12.8. The summed E-state index contributed by atoms with van der Waals surface area (Å²) >= 11 is 14.1. The lowest BCUT2D eigenvalue weighted by Gasteiger charge is -2.25. The van der Waals surface area contributed by atoms with Crippen molar-refractivity contribution < 1.29 is 18.7 Å². The molecular formula is C24H18Br2ClN5O4S. The van der Waals surface area contributed by atoms with Gasteiger partial charge in [-0.05, 0) is 50.9 Å². The highest BCUT2D eigenvalue weighted by atomic mass is 79.9. The van der Waals surface area contributed by atoms with Gasteiger partial charge in [-0.3, -0.25) is 19.9 Å². The molecule has 4 aromatic rings. The zero-order chi connectivity index (χ0) is 26.3. The molecule has 0 spiro atoms. The highest BCUT2D eigenvalue weighted by Crippen LogP contribution is 2.35. The Balaban J connectivity index is 1.38. The summed E-state index contributed by atoms with van der Waals surface area (Å²) in [5.41, 5.74) is 3.16. The number of furan rings is 1. The molecule has 0 bridgehead atoms. The number of aromatic nitrogens is 3. The summed E-state index contributed by atoms with van der Waals surface area (Å²) in [6.07, 6.45) is 3.60. The van der Waals surface area contributed by atoms with E-state index in [1.807, 2.05) is 6.92 Å². The zero-order valence-electron chi connectivity index (χ0n) is 19.5. The fraction of sp³-hybridized carbons (Fsp3) is 0.208. The van der Waals surface area contributed by atoms with E-state index in [9.17, 15) is 9.59 Å². The molecule has 0 atom stereocenters. The van der Waals surface area contributed by atoms with E-state index in [2.05, 4.69) is 52.1 Å². The Morgan fingerprint density at radius 2 is 2.00 bits per heavy atom. The Labute approximate surface area is 237 Å². The van der Waals surface area contributed by atoms with Crippen LogP contribution in [-0.4, -0.2) is 45.3 Å². The molecule has 5 heterocycles. The molecule has 0 aromatic carbocycles. The molecule has 5 rings (SSSR count). The second kappa shape index (κ2) is 10.5. The number of carbonyl (C=O) groups excluding carboxylic acids is 2. The molecule has 0 aliphatic carbocycles. The van der Waals surface area contributed by atoms with Crippen LogP contribution in [0.1, 0.15) is 37.2 Å². The van der Waals surface area contributed by atoms with Crippen molar-refractivity contribution in [2.75, 3.05) is 19.0 Å². The molecule has 1 N–H and O–H groups in total. The molecule has 1 aliphatic rings. The summed E-state index contributed by atoms with van der Waals surface area (Å²) in [5.74, 6) is 0.138. The van der Waals surface area contributed by atoms with E-state index in [1.165, 1.54) is 30.8 Å². The molecule has 13 heteroatoms. The number of pyridine rings is 2. The van der Waals surface area contributed by atoms with Crippen molar-refractivity contribution in [2.45, 2.75) is 19.9 Å². The standard InChI is InChI=1S/C24H18Br2ClN5O4S/c1-11-5-12(13-6-20(27)29-9-18(13)35-2)14(8-28-11)22(33)31-24-30-16-3-4-32(10-19(16)37-24)23(34)17-7-15(25)21(26)36-17/h5-9H,3-4,10H2,1-2H3,(H,30,31,33). The Bertz CT molecular complexity index is 1520. The Morgan fingerprint density at radius 3 is 2.73 bits per heavy atom. The maximum atomic E-state index is 13.3. The molecular weight excluding hydrogens is 650 g/mol. The van der Waals surface area contributed by atoms with Gasteiger partial charge in [-0.15, -0.1) is 0 Å². The first kappa shape index (κ1) is 25.8. The van der Waals surface area contributed by atoms with E-state index in [-0.39, 0.29) is 22.7 Å². The van der Waals surface area contributed by atoms with Gasteiger partial charge >= 0.3 is 0 Å². The second-order valence-electron chi connectivity index (χ2n) is 8.13. The fourth-order valence-corrected chi connectivity index (χ4v) is 5.70. The number of amides is 2. The summed E-state index contributed by atoms with van der Waals surface area (Å²) in [6.45, 7) is 2.71. The summed E-state index contributed by atoms with van der Waals surface area (Å²) in [4.78, 5) is 41.8. The van der Waals surface area contributed by atoms with Crippen LogP contribution in [-0.2, 0) is 13.0 Å². The molecule has 2 amide bonds. The highest BCUT2D eigenvalue weighted by Gasteiger charge is 2.28. The number of ether oxygens (including phenoxy) is 1. The summed E-state index contributed by atoms with van der Waals surface area (Å²) in [7, 11) is 1.53. The van der Waals surface area contributed by atoms with Gasteiger partial charge in [-0.1, -0.05) is 22.9 Å². The Kier molecular flexibility index (Phi) is 7.35. The molecule has 0 saturated carbocycles. The van der Waals surface area contributed by atoms with Crippen molar-refractivity contribution >= 4 is 71.7 Å². The number of hydrogen-bond acceptors (Lipinski definition) is 8. The lowest BCUT2D eigenvalue weighted by Crippen LogP contribution is -2.35. The summed E-state index contributed by atoms with van der Waals surface area (Å²) < 4.78 is 12.1. The van der Waals surface area contributed by atoms with Gasteiger partial charge in [0.05, 0.1) is 35.6 Å². The van der Waals surface area contributed by atoms with Crippen molar-refractivity contribution in [3.63, 3.8) is 0 Å². The van der Waals surface area contributed by atoms with E-state index in [4.69, 9.17) is 20.8 Å². The first-order valence-electron chi connectivity index (χ1n) is 10.9. The van der Waals surface area contributed by atoms with Gasteiger partial charge in [0.15, 0.2) is 15.6 Å².